The van der Waals surface area contributed by atoms with Gasteiger partial charge in [0.05, 0.1) is 6.61 Å². The summed E-state index contributed by atoms with van der Waals surface area (Å²) in [7, 11) is 3.88. The van der Waals surface area contributed by atoms with Crippen molar-refractivity contribution in [3.05, 3.63) is 0 Å². The van der Waals surface area contributed by atoms with Gasteiger partial charge in [-0.25, -0.2) is 0 Å². The van der Waals surface area contributed by atoms with E-state index in [1.807, 2.05) is 7.05 Å². The highest BCUT2D eigenvalue weighted by Gasteiger charge is 2.21. The van der Waals surface area contributed by atoms with Crippen molar-refractivity contribution in [3.63, 3.8) is 0 Å². The quantitative estimate of drug-likeness (QED) is 0.352. The third-order valence-corrected chi connectivity index (χ3v) is 4.64. The zero-order chi connectivity index (χ0) is 17.0. The molecule has 0 bridgehead atoms. The number of rotatable bonds is 11. The lowest BCUT2D eigenvalue weighted by Gasteiger charge is -2.23. The second-order valence-electron chi connectivity index (χ2n) is 6.90. The molecule has 6 heteroatoms. The van der Waals surface area contributed by atoms with Gasteiger partial charge in [0, 0.05) is 60.2 Å². The van der Waals surface area contributed by atoms with E-state index in [0.717, 1.165) is 83.9 Å². The van der Waals surface area contributed by atoms with Crippen molar-refractivity contribution in [2.24, 2.45) is 16.8 Å². The number of nitrogens with one attached hydrogen (secondary N) is 1. The molecule has 1 saturated carbocycles. The molecule has 0 spiro atoms. The average molecular weight is 341 g/mol. The zero-order valence-electron chi connectivity index (χ0n) is 15.5. The Morgan fingerprint density at radius 2 is 1.75 bits per heavy atom. The lowest BCUT2D eigenvalue weighted by atomic mass is 10.0. The van der Waals surface area contributed by atoms with Crippen LogP contribution in [0.3, 0.4) is 0 Å². The average Bonchev–Trinajstić information content (AvgIpc) is 3.43. The van der Waals surface area contributed by atoms with Gasteiger partial charge in [0.15, 0.2) is 5.96 Å². The zero-order valence-corrected chi connectivity index (χ0v) is 15.5. The Balaban J connectivity index is 1.44. The van der Waals surface area contributed by atoms with E-state index < -0.39 is 0 Å². The molecule has 0 aromatic rings. The fraction of sp³-hybridized carbons (Fsp3) is 0.944. The van der Waals surface area contributed by atoms with Crippen LogP contribution in [0.4, 0.5) is 0 Å². The Morgan fingerprint density at radius 1 is 1.08 bits per heavy atom. The van der Waals surface area contributed by atoms with Gasteiger partial charge in [0.2, 0.25) is 0 Å². The van der Waals surface area contributed by atoms with Gasteiger partial charge in [-0.05, 0) is 43.9 Å². The van der Waals surface area contributed by atoms with Gasteiger partial charge >= 0.3 is 0 Å². The summed E-state index contributed by atoms with van der Waals surface area (Å²) in [6, 6.07) is 0. The number of ether oxygens (including phenoxy) is 3. The Hall–Kier alpha value is -0.850. The first-order valence-electron chi connectivity index (χ1n) is 9.44. The maximum absolute atomic E-state index is 5.79. The highest BCUT2D eigenvalue weighted by Crippen LogP contribution is 2.28. The molecule has 0 amide bonds. The Bertz CT molecular complexity index is 355. The van der Waals surface area contributed by atoms with Gasteiger partial charge < -0.3 is 24.4 Å². The molecule has 2 fully saturated rings. The van der Waals surface area contributed by atoms with Crippen molar-refractivity contribution < 1.29 is 14.2 Å². The number of hydrogen-bond donors (Lipinski definition) is 1. The van der Waals surface area contributed by atoms with E-state index in [1.54, 1.807) is 0 Å². The lowest BCUT2D eigenvalue weighted by Crippen LogP contribution is -2.41. The minimum atomic E-state index is 0.682. The molecule has 2 rings (SSSR count). The molecule has 1 aliphatic carbocycles. The third kappa shape index (κ3) is 8.31. The molecule has 1 N–H and O–H groups in total. The molecule has 0 unspecified atom stereocenters. The van der Waals surface area contributed by atoms with Crippen molar-refractivity contribution in [3.8, 4) is 0 Å². The van der Waals surface area contributed by atoms with Crippen LogP contribution in [0.5, 0.6) is 0 Å². The SMILES string of the molecule is CN=C(NCCCOCC1CCOCC1)N(C)CCOCC1CC1. The summed E-state index contributed by atoms with van der Waals surface area (Å²) in [5.41, 5.74) is 0. The van der Waals surface area contributed by atoms with Gasteiger partial charge in [-0.3, -0.25) is 4.99 Å². The maximum Gasteiger partial charge on any atom is 0.193 e. The topological polar surface area (TPSA) is 55.3 Å². The molecule has 1 saturated heterocycles. The molecule has 0 aromatic carbocycles. The summed E-state index contributed by atoms with van der Waals surface area (Å²) in [5, 5.41) is 3.39. The summed E-state index contributed by atoms with van der Waals surface area (Å²) in [6.45, 7) is 6.89. The van der Waals surface area contributed by atoms with Crippen molar-refractivity contribution in [1.29, 1.82) is 0 Å². The van der Waals surface area contributed by atoms with E-state index in [2.05, 4.69) is 22.3 Å². The molecule has 1 aliphatic heterocycles. The van der Waals surface area contributed by atoms with Crippen LogP contribution in [0.15, 0.2) is 4.99 Å². The summed E-state index contributed by atoms with van der Waals surface area (Å²) >= 11 is 0. The fourth-order valence-corrected chi connectivity index (χ4v) is 2.76. The molecule has 0 radical (unpaired) electrons. The van der Waals surface area contributed by atoms with Gasteiger partial charge in [-0.15, -0.1) is 0 Å². The summed E-state index contributed by atoms with van der Waals surface area (Å²) in [6.07, 6.45) is 5.95. The van der Waals surface area contributed by atoms with Crippen LogP contribution in [-0.4, -0.2) is 77.7 Å². The first-order chi connectivity index (χ1) is 11.8. The van der Waals surface area contributed by atoms with E-state index >= 15 is 0 Å². The molecule has 1 heterocycles. The number of guanidine groups is 1. The predicted molar refractivity (Wildman–Crippen MR) is 96.5 cm³/mol. The summed E-state index contributed by atoms with van der Waals surface area (Å²) in [5.74, 6) is 2.43. The van der Waals surface area contributed by atoms with E-state index in [4.69, 9.17) is 14.2 Å². The first kappa shape index (κ1) is 19.5. The first-order valence-corrected chi connectivity index (χ1v) is 9.44. The minimum Gasteiger partial charge on any atom is -0.381 e. The van der Waals surface area contributed by atoms with Crippen LogP contribution in [0.2, 0.25) is 0 Å². The largest absolute Gasteiger partial charge is 0.381 e. The normalized spacial score (nSPS) is 19.5. The van der Waals surface area contributed by atoms with E-state index in [0.29, 0.717) is 5.92 Å². The molecule has 0 atom stereocenters. The molecule has 140 valence electrons. The Morgan fingerprint density at radius 3 is 2.42 bits per heavy atom. The molecule has 24 heavy (non-hydrogen) atoms. The fourth-order valence-electron chi connectivity index (χ4n) is 2.76. The number of hydrogen-bond acceptors (Lipinski definition) is 4. The summed E-state index contributed by atoms with van der Waals surface area (Å²) < 4.78 is 16.8. The Kier molecular flexibility index (Phi) is 9.46. The highest BCUT2D eigenvalue weighted by molar-refractivity contribution is 5.79. The molecule has 6 nitrogen and oxygen atoms in total. The van der Waals surface area contributed by atoms with Crippen LogP contribution in [0.1, 0.15) is 32.1 Å². The molecular weight excluding hydrogens is 306 g/mol. The van der Waals surface area contributed by atoms with Gasteiger partial charge in [-0.2, -0.15) is 0 Å². The minimum absolute atomic E-state index is 0.682. The van der Waals surface area contributed by atoms with E-state index in [9.17, 15) is 0 Å². The van der Waals surface area contributed by atoms with Crippen molar-refractivity contribution in [2.75, 3.05) is 66.8 Å². The highest BCUT2D eigenvalue weighted by atomic mass is 16.5. The Labute approximate surface area is 146 Å². The molecule has 2 aliphatic rings. The van der Waals surface area contributed by atoms with Crippen LogP contribution in [0, 0.1) is 11.8 Å². The van der Waals surface area contributed by atoms with Crippen LogP contribution < -0.4 is 5.32 Å². The monoisotopic (exact) mass is 341 g/mol. The third-order valence-electron chi connectivity index (χ3n) is 4.64. The standard InChI is InChI=1S/C18H35N3O3/c1-19-18(21(2)9-13-24-14-16-4-5-16)20-8-3-10-23-15-17-6-11-22-12-7-17/h16-17H,3-15H2,1-2H3,(H,19,20). The number of likely N-dealkylation sites (N-methyl/N-ethyl adjacent to an activating group) is 1. The van der Waals surface area contributed by atoms with Crippen molar-refractivity contribution in [1.82, 2.24) is 10.2 Å². The van der Waals surface area contributed by atoms with E-state index in [1.165, 1.54) is 12.8 Å². The van der Waals surface area contributed by atoms with Gasteiger partial charge in [-0.1, -0.05) is 0 Å². The maximum atomic E-state index is 5.79. The van der Waals surface area contributed by atoms with Gasteiger partial charge in [0.25, 0.3) is 0 Å². The predicted octanol–water partition coefficient (Wildman–Crippen LogP) is 1.75. The molecule has 0 aromatic heterocycles. The van der Waals surface area contributed by atoms with Crippen LogP contribution in [-0.2, 0) is 14.2 Å². The van der Waals surface area contributed by atoms with Crippen molar-refractivity contribution in [2.45, 2.75) is 32.1 Å². The number of aliphatic imine (C=N–C) groups is 1. The number of nitrogens with zero attached hydrogens (tertiary/aromatic N) is 2. The summed E-state index contributed by atoms with van der Waals surface area (Å²) in [4.78, 5) is 6.45. The van der Waals surface area contributed by atoms with Crippen LogP contribution in [0.25, 0.3) is 0 Å². The molecular formula is C18H35N3O3. The van der Waals surface area contributed by atoms with E-state index in [-0.39, 0.29) is 0 Å². The second-order valence-corrected chi connectivity index (χ2v) is 6.90. The van der Waals surface area contributed by atoms with Gasteiger partial charge in [0.1, 0.15) is 0 Å². The lowest BCUT2D eigenvalue weighted by molar-refractivity contribution is 0.0203. The van der Waals surface area contributed by atoms with Crippen molar-refractivity contribution >= 4 is 5.96 Å². The second kappa shape index (κ2) is 11.7. The smallest absolute Gasteiger partial charge is 0.193 e. The van der Waals surface area contributed by atoms with Crippen LogP contribution >= 0.6 is 0 Å².